The molecular formula is C16H19N3O5S. The second-order valence-electron chi connectivity index (χ2n) is 5.07. The monoisotopic (exact) mass is 365 g/mol. The highest BCUT2D eigenvalue weighted by Gasteiger charge is 2.19. The normalized spacial score (nSPS) is 10.5. The van der Waals surface area contributed by atoms with Gasteiger partial charge in [0.15, 0.2) is 0 Å². The summed E-state index contributed by atoms with van der Waals surface area (Å²) in [5, 5.41) is 16.1. The van der Waals surface area contributed by atoms with Crippen LogP contribution in [0.1, 0.15) is 46.0 Å². The minimum absolute atomic E-state index is 0.0180. The maximum Gasteiger partial charge on any atom is 0.354 e. The zero-order valence-electron chi connectivity index (χ0n) is 13.9. The van der Waals surface area contributed by atoms with Gasteiger partial charge in [-0.25, -0.2) is 9.59 Å². The van der Waals surface area contributed by atoms with Crippen LogP contribution in [-0.4, -0.2) is 39.3 Å². The van der Waals surface area contributed by atoms with Crippen molar-refractivity contribution in [2.24, 2.45) is 0 Å². The third kappa shape index (κ3) is 4.66. The second kappa shape index (κ2) is 8.43. The van der Waals surface area contributed by atoms with Crippen molar-refractivity contribution in [3.05, 3.63) is 34.5 Å². The molecule has 0 saturated carbocycles. The number of amides is 1. The van der Waals surface area contributed by atoms with Crippen LogP contribution in [0.4, 0.5) is 5.00 Å². The number of ether oxygens (including phenoxy) is 1. The number of thiophene rings is 1. The van der Waals surface area contributed by atoms with Gasteiger partial charge in [0.2, 0.25) is 5.91 Å². The Morgan fingerprint density at radius 1 is 1.36 bits per heavy atom. The van der Waals surface area contributed by atoms with E-state index in [4.69, 9.17) is 9.84 Å². The van der Waals surface area contributed by atoms with Crippen LogP contribution in [0.25, 0.3) is 0 Å². The lowest BCUT2D eigenvalue weighted by Gasteiger charge is -2.07. The van der Waals surface area contributed by atoms with Crippen molar-refractivity contribution in [2.75, 3.05) is 11.9 Å². The van der Waals surface area contributed by atoms with Crippen molar-refractivity contribution < 1.29 is 24.2 Å². The summed E-state index contributed by atoms with van der Waals surface area (Å²) in [7, 11) is 0. The Hall–Kier alpha value is -2.68. The lowest BCUT2D eigenvalue weighted by molar-refractivity contribution is -0.116. The third-order valence-electron chi connectivity index (χ3n) is 3.37. The van der Waals surface area contributed by atoms with E-state index in [0.29, 0.717) is 10.6 Å². The Labute approximate surface area is 148 Å². The summed E-state index contributed by atoms with van der Waals surface area (Å²) in [6.45, 7) is 4.05. The number of carbonyl (C=O) groups excluding carboxylic acids is 2. The number of nitrogens with zero attached hydrogens (tertiary/aromatic N) is 2. The number of hydrogen-bond donors (Lipinski definition) is 2. The molecule has 2 N–H and O–H groups in total. The van der Waals surface area contributed by atoms with Crippen LogP contribution < -0.4 is 5.32 Å². The lowest BCUT2D eigenvalue weighted by atomic mass is 10.2. The fourth-order valence-corrected chi connectivity index (χ4v) is 3.16. The number of aromatic nitrogens is 2. The number of nitrogens with one attached hydrogen (secondary N) is 1. The molecule has 134 valence electrons. The van der Waals surface area contributed by atoms with Crippen LogP contribution in [-0.2, 0) is 22.5 Å². The van der Waals surface area contributed by atoms with Gasteiger partial charge in [0, 0.05) is 17.5 Å². The van der Waals surface area contributed by atoms with Gasteiger partial charge in [-0.3, -0.25) is 9.48 Å². The minimum Gasteiger partial charge on any atom is -0.477 e. The smallest absolute Gasteiger partial charge is 0.354 e. The van der Waals surface area contributed by atoms with Gasteiger partial charge in [0.05, 0.1) is 18.7 Å². The highest BCUT2D eigenvalue weighted by molar-refractivity contribution is 7.16. The van der Waals surface area contributed by atoms with Gasteiger partial charge in [0.25, 0.3) is 0 Å². The molecule has 2 heterocycles. The van der Waals surface area contributed by atoms with Crippen LogP contribution in [0.3, 0.4) is 0 Å². The molecule has 0 radical (unpaired) electrons. The Kier molecular flexibility index (Phi) is 6.29. The van der Waals surface area contributed by atoms with Crippen molar-refractivity contribution >= 4 is 34.2 Å². The zero-order chi connectivity index (χ0) is 18.4. The molecule has 1 amide bonds. The number of aryl methyl sites for hydroxylation is 2. The fraction of sp³-hybridized carbons (Fsp3) is 0.375. The quantitative estimate of drug-likeness (QED) is 0.695. The number of aromatic carboxylic acids is 1. The fourth-order valence-electron chi connectivity index (χ4n) is 2.16. The summed E-state index contributed by atoms with van der Waals surface area (Å²) in [6.07, 6.45) is 2.14. The molecule has 9 heteroatoms. The van der Waals surface area contributed by atoms with E-state index in [9.17, 15) is 14.4 Å². The number of hydrogen-bond acceptors (Lipinski definition) is 6. The van der Waals surface area contributed by atoms with Crippen LogP contribution in [0, 0.1) is 0 Å². The molecule has 8 nitrogen and oxygen atoms in total. The molecule has 0 spiro atoms. The van der Waals surface area contributed by atoms with Gasteiger partial charge in [-0.2, -0.15) is 5.10 Å². The molecule has 0 aliphatic carbocycles. The van der Waals surface area contributed by atoms with Crippen molar-refractivity contribution in [2.45, 2.75) is 33.2 Å². The molecule has 25 heavy (non-hydrogen) atoms. The van der Waals surface area contributed by atoms with Crippen molar-refractivity contribution in [1.29, 1.82) is 0 Å². The Morgan fingerprint density at radius 2 is 2.12 bits per heavy atom. The number of esters is 1. The van der Waals surface area contributed by atoms with E-state index in [0.717, 1.165) is 11.3 Å². The van der Waals surface area contributed by atoms with Gasteiger partial charge < -0.3 is 15.2 Å². The summed E-state index contributed by atoms with van der Waals surface area (Å²) in [6, 6.07) is 3.08. The van der Waals surface area contributed by atoms with Crippen LogP contribution >= 0.6 is 11.3 Å². The first-order valence-electron chi connectivity index (χ1n) is 7.81. The number of anilines is 1. The first-order chi connectivity index (χ1) is 12.0. The number of rotatable bonds is 8. The molecule has 0 atom stereocenters. The van der Waals surface area contributed by atoms with Crippen molar-refractivity contribution in [3.8, 4) is 0 Å². The highest BCUT2D eigenvalue weighted by Crippen LogP contribution is 2.29. The maximum absolute atomic E-state index is 12.2. The summed E-state index contributed by atoms with van der Waals surface area (Å²) < 4.78 is 6.26. The zero-order valence-corrected chi connectivity index (χ0v) is 14.8. The summed E-state index contributed by atoms with van der Waals surface area (Å²) >= 11 is 1.32. The third-order valence-corrected chi connectivity index (χ3v) is 4.56. The highest BCUT2D eigenvalue weighted by atomic mass is 32.1. The predicted molar refractivity (Wildman–Crippen MR) is 92.1 cm³/mol. The topological polar surface area (TPSA) is 111 Å². The molecule has 2 rings (SSSR count). The van der Waals surface area contributed by atoms with Crippen molar-refractivity contribution in [1.82, 2.24) is 9.78 Å². The van der Waals surface area contributed by atoms with Crippen LogP contribution in [0.15, 0.2) is 18.3 Å². The largest absolute Gasteiger partial charge is 0.477 e. The number of carbonyl (C=O) groups is 3. The Morgan fingerprint density at radius 3 is 2.76 bits per heavy atom. The average Bonchev–Trinajstić information content (AvgIpc) is 3.19. The van der Waals surface area contributed by atoms with E-state index >= 15 is 0 Å². The number of carboxylic acid groups (broad SMARTS) is 1. The molecule has 0 aliphatic rings. The standard InChI is InChI=1S/C16H19N3O5S/c1-3-10-9-11(16(23)24-4-2)14(25-10)18-13(20)6-8-19-12(15(21)22)5-7-17-19/h5,7,9H,3-4,6,8H2,1-2H3,(H,18,20)(H,21,22). The first-order valence-corrected chi connectivity index (χ1v) is 8.62. The molecule has 0 saturated heterocycles. The Balaban J connectivity index is 2.04. The molecule has 0 aliphatic heterocycles. The SMILES string of the molecule is CCOC(=O)c1cc(CC)sc1NC(=O)CCn1nccc1C(=O)O. The van der Waals surface area contributed by atoms with E-state index < -0.39 is 11.9 Å². The maximum atomic E-state index is 12.2. The Bertz CT molecular complexity index is 781. The van der Waals surface area contributed by atoms with E-state index in [-0.39, 0.29) is 31.2 Å². The second-order valence-corrected chi connectivity index (χ2v) is 6.21. The molecule has 2 aromatic rings. The van der Waals surface area contributed by atoms with E-state index in [1.165, 1.54) is 28.3 Å². The van der Waals surface area contributed by atoms with E-state index in [1.54, 1.807) is 13.0 Å². The minimum atomic E-state index is -1.10. The molecular weight excluding hydrogens is 346 g/mol. The van der Waals surface area contributed by atoms with Gasteiger partial charge in [-0.05, 0) is 25.5 Å². The predicted octanol–water partition coefficient (Wildman–Crippen LogP) is 2.41. The summed E-state index contributed by atoms with van der Waals surface area (Å²) in [5.74, 6) is -1.91. The number of carboxylic acids is 1. The van der Waals surface area contributed by atoms with Crippen molar-refractivity contribution in [3.63, 3.8) is 0 Å². The van der Waals surface area contributed by atoms with Gasteiger partial charge >= 0.3 is 11.9 Å². The van der Waals surface area contributed by atoms with Crippen LogP contribution in [0.5, 0.6) is 0 Å². The van der Waals surface area contributed by atoms with E-state index in [2.05, 4.69) is 10.4 Å². The molecule has 0 unspecified atom stereocenters. The summed E-state index contributed by atoms with van der Waals surface area (Å²) in [5.41, 5.74) is 0.353. The summed E-state index contributed by atoms with van der Waals surface area (Å²) in [4.78, 5) is 36.1. The molecule has 0 aromatic carbocycles. The van der Waals surface area contributed by atoms with Gasteiger partial charge in [0.1, 0.15) is 10.7 Å². The average molecular weight is 365 g/mol. The molecule has 0 fully saturated rings. The molecule has 0 bridgehead atoms. The van der Waals surface area contributed by atoms with E-state index in [1.807, 2.05) is 6.92 Å². The molecule has 2 aromatic heterocycles. The van der Waals surface area contributed by atoms with Crippen LogP contribution in [0.2, 0.25) is 0 Å². The van der Waals surface area contributed by atoms with Gasteiger partial charge in [-0.1, -0.05) is 6.92 Å². The first kappa shape index (κ1) is 18.7. The van der Waals surface area contributed by atoms with Gasteiger partial charge in [-0.15, -0.1) is 11.3 Å². The lowest BCUT2D eigenvalue weighted by Crippen LogP contribution is -2.18.